The van der Waals surface area contributed by atoms with Gasteiger partial charge in [-0.15, -0.1) is 0 Å². The zero-order valence-corrected chi connectivity index (χ0v) is 18.0. The standard InChI is InChI=1S/C22H21N3O6S/c1-29-16-6-8-17(9-7-16)30-20-11-10-18(14-24-20)32(27,28)25-13-12-15-4-2-3-5-19(15)21(25)31-22(23)26/h2-11,14,21H,12-13H2,1H3,(H2,23,26)/t21-/m1/s1. The van der Waals surface area contributed by atoms with Gasteiger partial charge >= 0.3 is 6.09 Å². The largest absolute Gasteiger partial charge is 0.497 e. The third kappa shape index (κ3) is 4.36. The van der Waals surface area contributed by atoms with Crippen LogP contribution in [0.3, 0.4) is 0 Å². The first kappa shape index (κ1) is 21.6. The van der Waals surface area contributed by atoms with Crippen molar-refractivity contribution in [2.45, 2.75) is 17.5 Å². The van der Waals surface area contributed by atoms with E-state index >= 15 is 0 Å². The monoisotopic (exact) mass is 455 g/mol. The number of carbonyl (C=O) groups excluding carboxylic acids is 1. The molecule has 3 aromatic rings. The van der Waals surface area contributed by atoms with Crippen molar-refractivity contribution in [2.24, 2.45) is 5.73 Å². The van der Waals surface area contributed by atoms with Crippen LogP contribution in [0.1, 0.15) is 17.4 Å². The summed E-state index contributed by atoms with van der Waals surface area (Å²) in [6, 6.07) is 16.9. The molecular weight excluding hydrogens is 434 g/mol. The highest BCUT2D eigenvalue weighted by Crippen LogP contribution is 2.35. The Morgan fingerprint density at radius 2 is 1.78 bits per heavy atom. The second kappa shape index (κ2) is 8.85. The summed E-state index contributed by atoms with van der Waals surface area (Å²) in [5.41, 5.74) is 6.69. The number of nitrogens with zero attached hydrogens (tertiary/aromatic N) is 2. The Bertz CT molecular complexity index is 1210. The summed E-state index contributed by atoms with van der Waals surface area (Å²) >= 11 is 0. The lowest BCUT2D eigenvalue weighted by atomic mass is 10.00. The van der Waals surface area contributed by atoms with Gasteiger partial charge in [-0.25, -0.2) is 18.2 Å². The number of sulfonamides is 1. The first-order valence-electron chi connectivity index (χ1n) is 9.72. The Balaban J connectivity index is 1.58. The van der Waals surface area contributed by atoms with Crippen LogP contribution in [0, 0.1) is 0 Å². The van der Waals surface area contributed by atoms with Crippen molar-refractivity contribution >= 4 is 16.1 Å². The maximum absolute atomic E-state index is 13.3. The SMILES string of the molecule is COc1ccc(Oc2ccc(S(=O)(=O)N3CCc4ccccc4[C@H]3OC(N)=O)cn2)cc1. The second-order valence-electron chi connectivity index (χ2n) is 6.96. The number of hydrogen-bond donors (Lipinski definition) is 1. The number of primary amides is 1. The highest BCUT2D eigenvalue weighted by Gasteiger charge is 2.38. The van der Waals surface area contributed by atoms with E-state index in [1.54, 1.807) is 43.5 Å². The number of benzene rings is 2. The molecule has 2 aromatic carbocycles. The molecule has 1 amide bonds. The molecule has 0 bridgehead atoms. The van der Waals surface area contributed by atoms with E-state index in [0.29, 0.717) is 23.5 Å². The van der Waals surface area contributed by atoms with Gasteiger partial charge in [-0.3, -0.25) is 0 Å². The van der Waals surface area contributed by atoms with Crippen molar-refractivity contribution in [1.29, 1.82) is 0 Å². The van der Waals surface area contributed by atoms with Gasteiger partial charge < -0.3 is 19.9 Å². The van der Waals surface area contributed by atoms with Crippen LogP contribution < -0.4 is 15.2 Å². The van der Waals surface area contributed by atoms with Gasteiger partial charge in [0.2, 0.25) is 15.9 Å². The molecule has 4 rings (SSSR count). The summed E-state index contributed by atoms with van der Waals surface area (Å²) in [5.74, 6) is 1.43. The average molecular weight is 455 g/mol. The molecule has 1 atom stereocenters. The molecule has 0 spiro atoms. The molecule has 1 aliphatic rings. The fourth-order valence-corrected chi connectivity index (χ4v) is 4.90. The topological polar surface area (TPSA) is 121 Å². The molecule has 166 valence electrons. The molecule has 0 saturated heterocycles. The van der Waals surface area contributed by atoms with E-state index in [1.165, 1.54) is 18.3 Å². The van der Waals surface area contributed by atoms with Gasteiger partial charge in [0.05, 0.1) is 13.3 Å². The van der Waals surface area contributed by atoms with Crippen molar-refractivity contribution in [1.82, 2.24) is 9.29 Å². The van der Waals surface area contributed by atoms with Crippen LogP contribution in [0.25, 0.3) is 0 Å². The zero-order chi connectivity index (χ0) is 22.7. The molecule has 0 aliphatic carbocycles. The Morgan fingerprint density at radius 1 is 1.06 bits per heavy atom. The molecular formula is C22H21N3O6S. The number of amides is 1. The van der Waals surface area contributed by atoms with Crippen molar-refractivity contribution in [3.63, 3.8) is 0 Å². The van der Waals surface area contributed by atoms with Gasteiger partial charge in [0.25, 0.3) is 0 Å². The summed E-state index contributed by atoms with van der Waals surface area (Å²) in [6.45, 7) is 0.126. The molecule has 32 heavy (non-hydrogen) atoms. The molecule has 10 heteroatoms. The quantitative estimate of drug-likeness (QED) is 0.606. The summed E-state index contributed by atoms with van der Waals surface area (Å²) in [7, 11) is -2.47. The molecule has 0 radical (unpaired) electrons. The van der Waals surface area contributed by atoms with E-state index in [9.17, 15) is 13.2 Å². The van der Waals surface area contributed by atoms with E-state index in [2.05, 4.69) is 4.98 Å². The lowest BCUT2D eigenvalue weighted by Gasteiger charge is -2.34. The maximum Gasteiger partial charge on any atom is 0.406 e. The van der Waals surface area contributed by atoms with E-state index in [1.807, 2.05) is 12.1 Å². The lowest BCUT2D eigenvalue weighted by molar-refractivity contribution is 0.0295. The van der Waals surface area contributed by atoms with Gasteiger partial charge in [0.15, 0.2) is 6.23 Å². The van der Waals surface area contributed by atoms with Crippen molar-refractivity contribution in [3.05, 3.63) is 78.0 Å². The van der Waals surface area contributed by atoms with Crippen LogP contribution in [0.4, 0.5) is 4.79 Å². The summed E-state index contributed by atoms with van der Waals surface area (Å²) in [6.07, 6.45) is -0.540. The van der Waals surface area contributed by atoms with Crippen LogP contribution >= 0.6 is 0 Å². The predicted molar refractivity (Wildman–Crippen MR) is 115 cm³/mol. The smallest absolute Gasteiger partial charge is 0.406 e. The minimum Gasteiger partial charge on any atom is -0.497 e. The van der Waals surface area contributed by atoms with Gasteiger partial charge in [0.1, 0.15) is 16.4 Å². The number of methoxy groups -OCH3 is 1. The van der Waals surface area contributed by atoms with Crippen molar-refractivity contribution in [2.75, 3.05) is 13.7 Å². The van der Waals surface area contributed by atoms with Crippen LogP contribution in [0.2, 0.25) is 0 Å². The van der Waals surface area contributed by atoms with E-state index in [4.69, 9.17) is 19.9 Å². The number of carbonyl (C=O) groups is 1. The van der Waals surface area contributed by atoms with Crippen molar-refractivity contribution < 1.29 is 27.4 Å². The molecule has 1 aliphatic heterocycles. The highest BCUT2D eigenvalue weighted by molar-refractivity contribution is 7.89. The first-order valence-corrected chi connectivity index (χ1v) is 11.2. The summed E-state index contributed by atoms with van der Waals surface area (Å²) in [5, 5.41) is 0. The molecule has 2 N–H and O–H groups in total. The van der Waals surface area contributed by atoms with Crippen LogP contribution in [0.5, 0.6) is 17.4 Å². The van der Waals surface area contributed by atoms with Gasteiger partial charge in [-0.1, -0.05) is 24.3 Å². The molecule has 9 nitrogen and oxygen atoms in total. The Morgan fingerprint density at radius 3 is 2.44 bits per heavy atom. The van der Waals surface area contributed by atoms with E-state index in [-0.39, 0.29) is 17.3 Å². The maximum atomic E-state index is 13.3. The van der Waals surface area contributed by atoms with Crippen molar-refractivity contribution in [3.8, 4) is 17.4 Å². The number of hydrogen-bond acceptors (Lipinski definition) is 7. The van der Waals surface area contributed by atoms with Crippen LogP contribution in [-0.2, 0) is 21.2 Å². The highest BCUT2D eigenvalue weighted by atomic mass is 32.2. The Labute approximate surface area is 185 Å². The fourth-order valence-electron chi connectivity index (χ4n) is 3.46. The third-order valence-corrected chi connectivity index (χ3v) is 6.84. The first-order chi connectivity index (χ1) is 15.4. The fraction of sp³-hybridized carbons (Fsp3) is 0.182. The number of rotatable bonds is 6. The minimum absolute atomic E-state index is 0.0583. The van der Waals surface area contributed by atoms with Crippen LogP contribution in [-0.4, -0.2) is 37.5 Å². The molecule has 0 fully saturated rings. The van der Waals surface area contributed by atoms with E-state index < -0.39 is 22.3 Å². The Hall–Kier alpha value is -3.63. The van der Waals surface area contributed by atoms with Gasteiger partial charge in [-0.05, 0) is 42.3 Å². The van der Waals surface area contributed by atoms with Crippen LogP contribution in [0.15, 0.2) is 71.8 Å². The number of fused-ring (bicyclic) bond motifs is 1. The number of nitrogens with two attached hydrogens (primary N) is 1. The summed E-state index contributed by atoms with van der Waals surface area (Å²) < 4.78 is 43.7. The average Bonchev–Trinajstić information content (AvgIpc) is 2.80. The number of pyridine rings is 1. The number of ether oxygens (including phenoxy) is 3. The second-order valence-corrected chi connectivity index (χ2v) is 8.85. The molecule has 0 unspecified atom stereocenters. The molecule has 2 heterocycles. The predicted octanol–water partition coefficient (Wildman–Crippen LogP) is 3.22. The van der Waals surface area contributed by atoms with Gasteiger partial charge in [-0.2, -0.15) is 4.31 Å². The minimum atomic E-state index is -4.03. The molecule has 1 aromatic heterocycles. The summed E-state index contributed by atoms with van der Waals surface area (Å²) in [4.78, 5) is 15.5. The Kier molecular flexibility index (Phi) is 5.97. The van der Waals surface area contributed by atoms with E-state index in [0.717, 1.165) is 9.87 Å². The molecule has 0 saturated carbocycles. The third-order valence-electron chi connectivity index (χ3n) is 5.01. The van der Waals surface area contributed by atoms with Gasteiger partial charge in [0, 0.05) is 18.2 Å². The number of aromatic nitrogens is 1. The lowest BCUT2D eigenvalue weighted by Crippen LogP contribution is -2.42. The zero-order valence-electron chi connectivity index (χ0n) is 17.2. The normalized spacial score (nSPS) is 16.1.